The fourth-order valence-electron chi connectivity index (χ4n) is 3.50. The number of hydrogen-bond acceptors (Lipinski definition) is 5. The number of carbonyl (C=O) groups excluding carboxylic acids is 1. The Bertz CT molecular complexity index is 1140. The molecule has 2 saturated carbocycles. The lowest BCUT2D eigenvalue weighted by molar-refractivity contribution is -0.123. The normalized spacial score (nSPS) is 17.1. The van der Waals surface area contributed by atoms with Gasteiger partial charge in [0.05, 0.1) is 24.4 Å². The van der Waals surface area contributed by atoms with Crippen molar-refractivity contribution < 1.29 is 9.53 Å². The molecular weight excluding hydrogens is 354 g/mol. The van der Waals surface area contributed by atoms with Crippen LogP contribution in [0.2, 0.25) is 0 Å². The van der Waals surface area contributed by atoms with E-state index < -0.39 is 5.41 Å². The van der Waals surface area contributed by atoms with Gasteiger partial charge in [0.25, 0.3) is 0 Å². The molecule has 28 heavy (non-hydrogen) atoms. The predicted octanol–water partition coefficient (Wildman–Crippen LogP) is 2.59. The van der Waals surface area contributed by atoms with Crippen LogP contribution in [-0.2, 0) is 10.2 Å². The molecule has 0 radical (unpaired) electrons. The van der Waals surface area contributed by atoms with Crippen LogP contribution in [0.25, 0.3) is 16.9 Å². The van der Waals surface area contributed by atoms with Crippen LogP contribution in [0.1, 0.15) is 37.1 Å². The molecule has 140 valence electrons. The van der Waals surface area contributed by atoms with E-state index in [1.807, 2.05) is 30.3 Å². The summed E-state index contributed by atoms with van der Waals surface area (Å²) in [7, 11) is 1.59. The molecule has 1 N–H and O–H groups in total. The number of nitrogens with one attached hydrogen (secondary N) is 1. The largest absolute Gasteiger partial charge is 0.493 e. The smallest absolute Gasteiger partial charge is 0.234 e. The van der Waals surface area contributed by atoms with Gasteiger partial charge in [-0.25, -0.2) is 9.50 Å². The van der Waals surface area contributed by atoms with Gasteiger partial charge in [-0.3, -0.25) is 4.79 Å². The molecule has 0 unspecified atom stereocenters. The van der Waals surface area contributed by atoms with Crippen LogP contribution in [0.15, 0.2) is 36.4 Å². The van der Waals surface area contributed by atoms with E-state index in [0.717, 1.165) is 36.9 Å². The highest BCUT2D eigenvalue weighted by Gasteiger charge is 2.55. The van der Waals surface area contributed by atoms with Gasteiger partial charge < -0.3 is 10.1 Å². The second kappa shape index (κ2) is 6.06. The number of amides is 1. The number of aromatic nitrogens is 3. The molecule has 0 bridgehead atoms. The van der Waals surface area contributed by atoms with Crippen LogP contribution in [0, 0.1) is 11.3 Å². The van der Waals surface area contributed by atoms with Crippen molar-refractivity contribution in [2.45, 2.75) is 37.1 Å². The first-order valence-electron chi connectivity index (χ1n) is 9.40. The van der Waals surface area contributed by atoms with Gasteiger partial charge in [0.1, 0.15) is 5.41 Å². The van der Waals surface area contributed by atoms with Gasteiger partial charge in [-0.2, -0.15) is 5.26 Å². The van der Waals surface area contributed by atoms with Gasteiger partial charge in [-0.15, -0.1) is 5.10 Å². The van der Waals surface area contributed by atoms with Crippen molar-refractivity contribution in [3.8, 4) is 23.1 Å². The summed E-state index contributed by atoms with van der Waals surface area (Å²) < 4.78 is 7.19. The molecule has 1 amide bonds. The van der Waals surface area contributed by atoms with E-state index >= 15 is 0 Å². The van der Waals surface area contributed by atoms with E-state index in [9.17, 15) is 10.1 Å². The molecule has 2 fully saturated rings. The Kier molecular flexibility index (Phi) is 3.63. The fraction of sp³-hybridized carbons (Fsp3) is 0.333. The van der Waals surface area contributed by atoms with Crippen LogP contribution >= 0.6 is 0 Å². The minimum Gasteiger partial charge on any atom is -0.493 e. The number of nitrogens with zero attached hydrogens (tertiary/aromatic N) is 4. The van der Waals surface area contributed by atoms with Gasteiger partial charge in [-0.05, 0) is 49.9 Å². The lowest BCUT2D eigenvalue weighted by Gasteiger charge is -2.11. The summed E-state index contributed by atoms with van der Waals surface area (Å²) >= 11 is 0. The maximum absolute atomic E-state index is 12.8. The molecule has 0 spiro atoms. The zero-order chi connectivity index (χ0) is 19.3. The first-order valence-corrected chi connectivity index (χ1v) is 9.40. The van der Waals surface area contributed by atoms with Gasteiger partial charge >= 0.3 is 0 Å². The Labute approximate surface area is 162 Å². The maximum atomic E-state index is 12.8. The van der Waals surface area contributed by atoms with Crippen molar-refractivity contribution in [2.24, 2.45) is 0 Å². The molecule has 2 aromatic heterocycles. The standard InChI is InChI=1S/C21H19N5O2/c1-28-17-8-7-16(14-4-2-3-13(11-14)12-22)26-18(17)24-19(25-26)21(9-10-21)20(27)23-15-5-6-15/h2-4,7-8,11,15H,5-6,9-10H2,1H3,(H,23,27). The third-order valence-electron chi connectivity index (χ3n) is 5.48. The topological polar surface area (TPSA) is 92.3 Å². The van der Waals surface area contributed by atoms with Gasteiger partial charge in [-0.1, -0.05) is 12.1 Å². The highest BCUT2D eigenvalue weighted by atomic mass is 16.5. The number of benzene rings is 1. The van der Waals surface area contributed by atoms with Gasteiger partial charge in [0.15, 0.2) is 17.2 Å². The van der Waals surface area contributed by atoms with Crippen molar-refractivity contribution in [3.63, 3.8) is 0 Å². The average Bonchev–Trinajstić information content (AvgIpc) is 3.65. The minimum absolute atomic E-state index is 0.0258. The molecule has 5 rings (SSSR count). The number of pyridine rings is 1. The number of carbonyl (C=O) groups is 1. The van der Waals surface area contributed by atoms with Crippen molar-refractivity contribution in [1.29, 1.82) is 5.26 Å². The molecule has 3 aromatic rings. The Balaban J connectivity index is 1.63. The van der Waals surface area contributed by atoms with E-state index in [-0.39, 0.29) is 5.91 Å². The quantitative estimate of drug-likeness (QED) is 0.742. The number of hydrogen-bond donors (Lipinski definition) is 1. The molecule has 2 aliphatic rings. The van der Waals surface area contributed by atoms with Crippen molar-refractivity contribution in [2.75, 3.05) is 7.11 Å². The summed E-state index contributed by atoms with van der Waals surface area (Å²) in [5, 5.41) is 17.0. The summed E-state index contributed by atoms with van der Waals surface area (Å²) in [5.74, 6) is 1.16. The summed E-state index contributed by atoms with van der Waals surface area (Å²) in [5.41, 5.74) is 2.17. The number of nitriles is 1. The van der Waals surface area contributed by atoms with Crippen molar-refractivity contribution >= 4 is 11.6 Å². The molecule has 2 aliphatic carbocycles. The van der Waals surface area contributed by atoms with Crippen LogP contribution in [0.4, 0.5) is 0 Å². The SMILES string of the molecule is COc1ccc(-c2cccc(C#N)c2)n2nc(C3(C(=O)NC4CC4)CC3)nc12. The van der Waals surface area contributed by atoms with Crippen LogP contribution in [0.5, 0.6) is 5.75 Å². The zero-order valence-corrected chi connectivity index (χ0v) is 15.5. The molecule has 7 heteroatoms. The molecule has 1 aromatic carbocycles. The lowest BCUT2D eigenvalue weighted by Crippen LogP contribution is -2.36. The molecule has 2 heterocycles. The molecular formula is C21H19N5O2. The van der Waals surface area contributed by atoms with E-state index in [4.69, 9.17) is 14.8 Å². The van der Waals surface area contributed by atoms with Crippen LogP contribution in [0.3, 0.4) is 0 Å². The second-order valence-electron chi connectivity index (χ2n) is 7.48. The van der Waals surface area contributed by atoms with Crippen LogP contribution in [-0.4, -0.2) is 33.7 Å². The number of rotatable bonds is 5. The molecule has 7 nitrogen and oxygen atoms in total. The Morgan fingerprint density at radius 1 is 1.32 bits per heavy atom. The zero-order valence-electron chi connectivity index (χ0n) is 15.5. The predicted molar refractivity (Wildman–Crippen MR) is 102 cm³/mol. The average molecular weight is 373 g/mol. The molecule has 0 aliphatic heterocycles. The first kappa shape index (κ1) is 16.8. The number of methoxy groups -OCH3 is 1. The third kappa shape index (κ3) is 2.61. The van der Waals surface area contributed by atoms with Crippen molar-refractivity contribution in [3.05, 3.63) is 47.8 Å². The first-order chi connectivity index (χ1) is 13.6. The monoisotopic (exact) mass is 373 g/mol. The van der Waals surface area contributed by atoms with Gasteiger partial charge in [0.2, 0.25) is 5.91 Å². The number of ether oxygens (including phenoxy) is 1. The Morgan fingerprint density at radius 3 is 2.82 bits per heavy atom. The van der Waals surface area contributed by atoms with E-state index in [0.29, 0.717) is 28.8 Å². The number of fused-ring (bicyclic) bond motifs is 1. The van der Waals surface area contributed by atoms with E-state index in [1.54, 1.807) is 17.7 Å². The second-order valence-corrected chi connectivity index (χ2v) is 7.48. The highest BCUT2D eigenvalue weighted by molar-refractivity contribution is 5.91. The van der Waals surface area contributed by atoms with E-state index in [1.165, 1.54) is 0 Å². The van der Waals surface area contributed by atoms with Crippen LogP contribution < -0.4 is 10.1 Å². The Hall–Kier alpha value is -3.40. The maximum Gasteiger partial charge on any atom is 0.234 e. The van der Waals surface area contributed by atoms with Crippen molar-refractivity contribution in [1.82, 2.24) is 19.9 Å². The molecule has 0 atom stereocenters. The van der Waals surface area contributed by atoms with E-state index in [2.05, 4.69) is 11.4 Å². The summed E-state index contributed by atoms with van der Waals surface area (Å²) in [6, 6.07) is 13.5. The third-order valence-corrected chi connectivity index (χ3v) is 5.48. The fourth-order valence-corrected chi connectivity index (χ4v) is 3.50. The minimum atomic E-state index is -0.634. The molecule has 0 saturated heterocycles. The summed E-state index contributed by atoms with van der Waals surface area (Å²) in [6.07, 6.45) is 3.61. The lowest BCUT2D eigenvalue weighted by atomic mass is 10.1. The van der Waals surface area contributed by atoms with Gasteiger partial charge in [0, 0.05) is 11.6 Å². The summed E-state index contributed by atoms with van der Waals surface area (Å²) in [4.78, 5) is 17.5. The Morgan fingerprint density at radius 2 is 2.14 bits per heavy atom. The summed E-state index contributed by atoms with van der Waals surface area (Å²) in [6.45, 7) is 0. The highest BCUT2D eigenvalue weighted by Crippen LogP contribution is 2.48.